The third kappa shape index (κ3) is 3.62. The Morgan fingerprint density at radius 3 is 2.66 bits per heavy atom. The number of hydrogen-bond acceptors (Lipinski definition) is 6. The fraction of sp³-hybridized carbons (Fsp3) is 0.143. The summed E-state index contributed by atoms with van der Waals surface area (Å²) in [6.45, 7) is 1.99. The Morgan fingerprint density at radius 2 is 1.90 bits per heavy atom. The van der Waals surface area contributed by atoms with E-state index in [-0.39, 0.29) is 5.69 Å². The van der Waals surface area contributed by atoms with E-state index in [1.165, 1.54) is 9.36 Å². The lowest BCUT2D eigenvalue weighted by molar-refractivity contribution is 0.416. The van der Waals surface area contributed by atoms with Crippen molar-refractivity contribution in [3.63, 3.8) is 0 Å². The lowest BCUT2D eigenvalue weighted by Gasteiger charge is -2.07. The highest BCUT2D eigenvalue weighted by Crippen LogP contribution is 2.31. The van der Waals surface area contributed by atoms with Gasteiger partial charge in [0.1, 0.15) is 10.8 Å². The van der Waals surface area contributed by atoms with Crippen molar-refractivity contribution in [3.8, 4) is 22.7 Å². The SMILES string of the molecule is COc1ccccc1-c1csc(/C=C/c2c(C)cccc2-n2nnn(C)c2=O)n1. The highest BCUT2D eigenvalue weighted by Gasteiger charge is 2.12. The predicted octanol–water partition coefficient (Wildman–Crippen LogP) is 3.58. The molecule has 0 atom stereocenters. The lowest BCUT2D eigenvalue weighted by atomic mass is 10.1. The van der Waals surface area contributed by atoms with Crippen molar-refractivity contribution in [1.29, 1.82) is 0 Å². The topological polar surface area (TPSA) is 74.8 Å². The van der Waals surface area contributed by atoms with Crippen molar-refractivity contribution in [1.82, 2.24) is 24.8 Å². The van der Waals surface area contributed by atoms with Crippen LogP contribution >= 0.6 is 11.3 Å². The van der Waals surface area contributed by atoms with Gasteiger partial charge in [0.15, 0.2) is 0 Å². The molecule has 0 fully saturated rings. The molecular weight excluding hydrogens is 386 g/mol. The van der Waals surface area contributed by atoms with Crippen molar-refractivity contribution >= 4 is 23.5 Å². The second-order valence-electron chi connectivity index (χ2n) is 6.41. The van der Waals surface area contributed by atoms with Crippen molar-refractivity contribution in [2.75, 3.05) is 7.11 Å². The summed E-state index contributed by atoms with van der Waals surface area (Å²) >= 11 is 1.54. The van der Waals surface area contributed by atoms with Crippen LogP contribution in [0.3, 0.4) is 0 Å². The molecule has 0 aliphatic carbocycles. The largest absolute Gasteiger partial charge is 0.496 e. The van der Waals surface area contributed by atoms with Crippen molar-refractivity contribution in [3.05, 3.63) is 74.5 Å². The normalized spacial score (nSPS) is 11.3. The number of aromatic nitrogens is 5. The first-order valence-electron chi connectivity index (χ1n) is 8.94. The van der Waals surface area contributed by atoms with Gasteiger partial charge in [-0.15, -0.1) is 11.3 Å². The second-order valence-corrected chi connectivity index (χ2v) is 7.30. The predicted molar refractivity (Wildman–Crippen MR) is 114 cm³/mol. The zero-order valence-electron chi connectivity index (χ0n) is 16.2. The first-order valence-corrected chi connectivity index (χ1v) is 9.82. The first kappa shape index (κ1) is 18.8. The van der Waals surface area contributed by atoms with E-state index in [2.05, 4.69) is 10.4 Å². The summed E-state index contributed by atoms with van der Waals surface area (Å²) in [7, 11) is 3.23. The molecule has 2 aromatic carbocycles. The van der Waals surface area contributed by atoms with E-state index in [0.29, 0.717) is 5.69 Å². The summed E-state index contributed by atoms with van der Waals surface area (Å²) in [5.74, 6) is 0.788. The number of para-hydroxylation sites is 1. The molecule has 8 heteroatoms. The Hall–Kier alpha value is -3.52. The number of hydrogen-bond donors (Lipinski definition) is 0. The van der Waals surface area contributed by atoms with Gasteiger partial charge in [-0.3, -0.25) is 0 Å². The molecule has 0 saturated carbocycles. The van der Waals surface area contributed by atoms with Crippen molar-refractivity contribution < 1.29 is 4.74 Å². The molecule has 0 spiro atoms. The molecule has 0 bridgehead atoms. The number of nitrogens with zero attached hydrogens (tertiary/aromatic N) is 5. The minimum Gasteiger partial charge on any atom is -0.496 e. The Labute approximate surface area is 171 Å². The molecule has 146 valence electrons. The fourth-order valence-electron chi connectivity index (χ4n) is 3.03. The zero-order valence-corrected chi connectivity index (χ0v) is 17.1. The second kappa shape index (κ2) is 7.84. The lowest BCUT2D eigenvalue weighted by Crippen LogP contribution is -2.22. The van der Waals surface area contributed by atoms with E-state index in [9.17, 15) is 4.79 Å². The average Bonchev–Trinajstić information content (AvgIpc) is 3.34. The number of aryl methyl sites for hydroxylation is 2. The maximum atomic E-state index is 12.3. The minimum atomic E-state index is -0.294. The van der Waals surface area contributed by atoms with Crippen LogP contribution in [0, 0.1) is 6.92 Å². The summed E-state index contributed by atoms with van der Waals surface area (Å²) in [6, 6.07) is 13.5. The van der Waals surface area contributed by atoms with Gasteiger partial charge in [-0.2, -0.15) is 9.36 Å². The Bertz CT molecular complexity index is 1250. The molecule has 29 heavy (non-hydrogen) atoms. The van der Waals surface area contributed by atoms with Gasteiger partial charge in [-0.05, 0) is 53.3 Å². The maximum Gasteiger partial charge on any atom is 0.368 e. The molecule has 2 heterocycles. The van der Waals surface area contributed by atoms with Gasteiger partial charge in [0, 0.05) is 23.6 Å². The highest BCUT2D eigenvalue weighted by molar-refractivity contribution is 7.10. The molecular formula is C21H19N5O2S. The quantitative estimate of drug-likeness (QED) is 0.507. The number of methoxy groups -OCH3 is 1. The molecule has 2 aromatic heterocycles. The van der Waals surface area contributed by atoms with Gasteiger partial charge in [0.2, 0.25) is 0 Å². The van der Waals surface area contributed by atoms with Crippen LogP contribution in [0.2, 0.25) is 0 Å². The van der Waals surface area contributed by atoms with E-state index in [4.69, 9.17) is 9.72 Å². The minimum absolute atomic E-state index is 0.294. The third-order valence-corrected chi connectivity index (χ3v) is 5.36. The standard InChI is InChI=1S/C21H19N5O2S/c1-14-7-6-9-18(26-21(27)25(2)23-24-26)15(14)11-12-20-22-17(13-29-20)16-8-4-5-10-19(16)28-3/h4-13H,1-3H3/b12-11+. The van der Waals surface area contributed by atoms with Crippen LogP contribution in [0.25, 0.3) is 29.1 Å². The third-order valence-electron chi connectivity index (χ3n) is 4.55. The van der Waals surface area contributed by atoms with Crippen LogP contribution < -0.4 is 10.4 Å². The summed E-state index contributed by atoms with van der Waals surface area (Å²) in [5.41, 5.74) is 4.12. The van der Waals surface area contributed by atoms with Crippen LogP contribution in [-0.2, 0) is 7.05 Å². The van der Waals surface area contributed by atoms with Crippen LogP contribution in [-0.4, -0.2) is 31.9 Å². The first-order chi connectivity index (χ1) is 14.1. The molecule has 0 N–H and O–H groups in total. The van der Waals surface area contributed by atoms with Gasteiger partial charge in [-0.1, -0.05) is 24.3 Å². The molecule has 0 amide bonds. The van der Waals surface area contributed by atoms with Crippen LogP contribution in [0.15, 0.2) is 52.6 Å². The molecule has 0 aliphatic rings. The van der Waals surface area contributed by atoms with E-state index in [1.54, 1.807) is 25.5 Å². The summed E-state index contributed by atoms with van der Waals surface area (Å²) in [5, 5.41) is 10.6. The van der Waals surface area contributed by atoms with Gasteiger partial charge in [0.05, 0.1) is 18.5 Å². The number of ether oxygens (including phenoxy) is 1. The molecule has 7 nitrogen and oxygen atoms in total. The molecule has 0 radical (unpaired) electrons. The average molecular weight is 405 g/mol. The summed E-state index contributed by atoms with van der Waals surface area (Å²) in [4.78, 5) is 17.0. The Morgan fingerprint density at radius 1 is 1.07 bits per heavy atom. The van der Waals surface area contributed by atoms with E-state index < -0.39 is 0 Å². The van der Waals surface area contributed by atoms with Gasteiger partial charge >= 0.3 is 5.69 Å². The van der Waals surface area contributed by atoms with Crippen molar-refractivity contribution in [2.45, 2.75) is 6.92 Å². The van der Waals surface area contributed by atoms with E-state index >= 15 is 0 Å². The number of rotatable bonds is 5. The van der Waals surface area contributed by atoms with Crippen LogP contribution in [0.4, 0.5) is 0 Å². The molecule has 4 aromatic rings. The Kier molecular flexibility index (Phi) is 5.09. The molecule has 0 unspecified atom stereocenters. The number of benzene rings is 2. The summed E-state index contributed by atoms with van der Waals surface area (Å²) < 4.78 is 7.94. The van der Waals surface area contributed by atoms with Crippen molar-refractivity contribution in [2.24, 2.45) is 7.05 Å². The summed E-state index contributed by atoms with van der Waals surface area (Å²) in [6.07, 6.45) is 3.90. The maximum absolute atomic E-state index is 12.3. The zero-order chi connectivity index (χ0) is 20.4. The van der Waals surface area contributed by atoms with E-state index in [1.807, 2.05) is 66.9 Å². The number of thiazole rings is 1. The van der Waals surface area contributed by atoms with E-state index in [0.717, 1.165) is 33.1 Å². The van der Waals surface area contributed by atoms with Gasteiger partial charge in [0.25, 0.3) is 0 Å². The Balaban J connectivity index is 1.70. The van der Waals surface area contributed by atoms with Gasteiger partial charge < -0.3 is 4.74 Å². The molecule has 4 rings (SSSR count). The number of tetrazole rings is 1. The van der Waals surface area contributed by atoms with Crippen LogP contribution in [0.5, 0.6) is 5.75 Å². The monoisotopic (exact) mass is 405 g/mol. The fourth-order valence-corrected chi connectivity index (χ4v) is 3.74. The molecule has 0 saturated heterocycles. The molecule has 0 aliphatic heterocycles. The highest BCUT2D eigenvalue weighted by atomic mass is 32.1. The van der Waals surface area contributed by atoms with Crippen LogP contribution in [0.1, 0.15) is 16.1 Å². The van der Waals surface area contributed by atoms with Gasteiger partial charge in [-0.25, -0.2) is 9.78 Å². The smallest absolute Gasteiger partial charge is 0.368 e.